The van der Waals surface area contributed by atoms with Crippen molar-refractivity contribution in [1.82, 2.24) is 14.9 Å². The molecule has 0 radical (unpaired) electrons. The van der Waals surface area contributed by atoms with Crippen molar-refractivity contribution in [2.45, 2.75) is 19.1 Å². The van der Waals surface area contributed by atoms with Gasteiger partial charge in [0.25, 0.3) is 0 Å². The summed E-state index contributed by atoms with van der Waals surface area (Å²) in [5.41, 5.74) is 6.84. The lowest BCUT2D eigenvalue weighted by Crippen LogP contribution is -2.24. The first-order valence-electron chi connectivity index (χ1n) is 6.80. The average Bonchev–Trinajstić information content (AvgIpc) is 2.90. The lowest BCUT2D eigenvalue weighted by molar-refractivity contribution is 0.190. The minimum atomic E-state index is 0.177. The van der Waals surface area contributed by atoms with Gasteiger partial charge < -0.3 is 10.5 Å². The number of nitrogens with two attached hydrogens (primary N) is 1. The van der Waals surface area contributed by atoms with Gasteiger partial charge in [-0.05, 0) is 12.0 Å². The molecule has 1 aliphatic rings. The van der Waals surface area contributed by atoms with E-state index in [9.17, 15) is 0 Å². The summed E-state index contributed by atoms with van der Waals surface area (Å²) in [6, 6.07) is 10.5. The van der Waals surface area contributed by atoms with E-state index in [0.717, 1.165) is 26.1 Å². The highest BCUT2D eigenvalue weighted by Gasteiger charge is 2.24. The zero-order valence-electron chi connectivity index (χ0n) is 11.3. The van der Waals surface area contributed by atoms with Crippen molar-refractivity contribution < 1.29 is 4.74 Å². The molecule has 2 aromatic rings. The van der Waals surface area contributed by atoms with Gasteiger partial charge in [-0.3, -0.25) is 4.90 Å². The molecule has 2 N–H and O–H groups in total. The van der Waals surface area contributed by atoms with Gasteiger partial charge in [-0.1, -0.05) is 30.3 Å². The van der Waals surface area contributed by atoms with Gasteiger partial charge in [0.2, 0.25) is 5.88 Å². The third kappa shape index (κ3) is 3.24. The molecule has 1 aliphatic heterocycles. The van der Waals surface area contributed by atoms with Gasteiger partial charge in [-0.25, -0.2) is 9.97 Å². The second-order valence-electron chi connectivity index (χ2n) is 5.03. The standard InChI is InChI=1S/C15H18N4O/c16-14-8-18-15(9-17-14)20-13-6-7-19(11-13)10-12-4-2-1-3-5-12/h1-5,8-9,13H,6-7,10-11H2,(H2,16,17). The quantitative estimate of drug-likeness (QED) is 0.916. The molecule has 0 bridgehead atoms. The number of hydrogen-bond donors (Lipinski definition) is 1. The van der Waals surface area contributed by atoms with E-state index in [4.69, 9.17) is 10.5 Å². The summed E-state index contributed by atoms with van der Waals surface area (Å²) in [4.78, 5) is 10.5. The van der Waals surface area contributed by atoms with E-state index >= 15 is 0 Å². The van der Waals surface area contributed by atoms with Gasteiger partial charge in [0.15, 0.2) is 0 Å². The van der Waals surface area contributed by atoms with Crippen molar-refractivity contribution in [2.75, 3.05) is 18.8 Å². The van der Waals surface area contributed by atoms with Crippen molar-refractivity contribution in [3.05, 3.63) is 48.3 Å². The first-order chi connectivity index (χ1) is 9.79. The molecule has 104 valence electrons. The third-order valence-corrected chi connectivity index (χ3v) is 3.41. The lowest BCUT2D eigenvalue weighted by Gasteiger charge is -2.16. The monoisotopic (exact) mass is 270 g/mol. The molecule has 1 atom stereocenters. The third-order valence-electron chi connectivity index (χ3n) is 3.41. The van der Waals surface area contributed by atoms with Crippen LogP contribution in [0.5, 0.6) is 5.88 Å². The Morgan fingerprint density at radius 2 is 2.05 bits per heavy atom. The lowest BCUT2D eigenvalue weighted by atomic mass is 10.2. The van der Waals surface area contributed by atoms with Gasteiger partial charge in [-0.2, -0.15) is 0 Å². The van der Waals surface area contributed by atoms with E-state index in [1.165, 1.54) is 11.8 Å². The fourth-order valence-electron chi connectivity index (χ4n) is 2.44. The fourth-order valence-corrected chi connectivity index (χ4v) is 2.44. The molecular weight excluding hydrogens is 252 g/mol. The Bertz CT molecular complexity index is 544. The van der Waals surface area contributed by atoms with Gasteiger partial charge in [0, 0.05) is 19.6 Å². The summed E-state index contributed by atoms with van der Waals surface area (Å²) in [6.45, 7) is 2.93. The van der Waals surface area contributed by atoms with Gasteiger partial charge in [0.1, 0.15) is 11.9 Å². The number of nitrogens with zero attached hydrogens (tertiary/aromatic N) is 3. The first-order valence-corrected chi connectivity index (χ1v) is 6.80. The van der Waals surface area contributed by atoms with Gasteiger partial charge in [-0.15, -0.1) is 0 Å². The van der Waals surface area contributed by atoms with E-state index in [2.05, 4.69) is 39.1 Å². The largest absolute Gasteiger partial charge is 0.472 e. The van der Waals surface area contributed by atoms with E-state index in [1.54, 1.807) is 6.20 Å². The molecule has 0 spiro atoms. The SMILES string of the molecule is Nc1cnc(OC2CCN(Cc3ccccc3)C2)cn1. The Balaban J connectivity index is 1.53. The highest BCUT2D eigenvalue weighted by Crippen LogP contribution is 2.18. The van der Waals surface area contributed by atoms with Crippen LogP contribution in [-0.4, -0.2) is 34.1 Å². The zero-order valence-corrected chi connectivity index (χ0v) is 11.3. The van der Waals surface area contributed by atoms with Crippen molar-refractivity contribution in [2.24, 2.45) is 0 Å². The molecule has 1 aromatic heterocycles. The van der Waals surface area contributed by atoms with Crippen LogP contribution < -0.4 is 10.5 Å². The van der Waals surface area contributed by atoms with Crippen molar-refractivity contribution in [3.8, 4) is 5.88 Å². The Labute approximate surface area is 118 Å². The van der Waals surface area contributed by atoms with Gasteiger partial charge >= 0.3 is 0 Å². The molecule has 1 saturated heterocycles. The molecule has 1 aromatic carbocycles. The number of nitrogen functional groups attached to an aromatic ring is 1. The molecule has 0 amide bonds. The van der Waals surface area contributed by atoms with Crippen LogP contribution in [0.25, 0.3) is 0 Å². The summed E-state index contributed by atoms with van der Waals surface area (Å²) in [5.74, 6) is 0.959. The molecule has 2 heterocycles. The Morgan fingerprint density at radius 1 is 1.20 bits per heavy atom. The van der Waals surface area contributed by atoms with E-state index < -0.39 is 0 Å². The number of anilines is 1. The molecule has 20 heavy (non-hydrogen) atoms. The van der Waals surface area contributed by atoms with Crippen LogP contribution in [0.4, 0.5) is 5.82 Å². The molecule has 0 aliphatic carbocycles. The molecule has 5 heteroatoms. The van der Waals surface area contributed by atoms with Crippen LogP contribution in [0.15, 0.2) is 42.7 Å². The van der Waals surface area contributed by atoms with Crippen molar-refractivity contribution in [1.29, 1.82) is 0 Å². The molecule has 5 nitrogen and oxygen atoms in total. The molecule has 3 rings (SSSR count). The molecule has 1 fully saturated rings. The maximum atomic E-state index is 5.83. The fraction of sp³-hybridized carbons (Fsp3) is 0.333. The Kier molecular flexibility index (Phi) is 3.78. The maximum Gasteiger partial charge on any atom is 0.232 e. The average molecular weight is 270 g/mol. The van der Waals surface area contributed by atoms with Crippen molar-refractivity contribution in [3.63, 3.8) is 0 Å². The van der Waals surface area contributed by atoms with Crippen molar-refractivity contribution >= 4 is 5.82 Å². The minimum Gasteiger partial charge on any atom is -0.472 e. The number of benzene rings is 1. The van der Waals surface area contributed by atoms with Crippen LogP contribution >= 0.6 is 0 Å². The zero-order chi connectivity index (χ0) is 13.8. The van der Waals surface area contributed by atoms with Crippen LogP contribution in [0.2, 0.25) is 0 Å². The maximum absolute atomic E-state index is 5.83. The first kappa shape index (κ1) is 12.9. The highest BCUT2D eigenvalue weighted by molar-refractivity contribution is 5.24. The number of likely N-dealkylation sites (tertiary alicyclic amines) is 1. The predicted octanol–water partition coefficient (Wildman–Crippen LogP) is 1.71. The summed E-state index contributed by atoms with van der Waals surface area (Å²) >= 11 is 0. The second kappa shape index (κ2) is 5.88. The Morgan fingerprint density at radius 3 is 2.80 bits per heavy atom. The van der Waals surface area contributed by atoms with Crippen LogP contribution in [0.1, 0.15) is 12.0 Å². The number of rotatable bonds is 4. The van der Waals surface area contributed by atoms with Gasteiger partial charge in [0.05, 0.1) is 12.4 Å². The predicted molar refractivity (Wildman–Crippen MR) is 77.2 cm³/mol. The molecular formula is C15H18N4O. The van der Waals surface area contributed by atoms with Crippen LogP contribution in [-0.2, 0) is 6.54 Å². The number of hydrogen-bond acceptors (Lipinski definition) is 5. The number of aromatic nitrogens is 2. The molecule has 0 saturated carbocycles. The van der Waals surface area contributed by atoms with E-state index in [-0.39, 0.29) is 6.10 Å². The summed E-state index contributed by atoms with van der Waals surface area (Å²) in [5, 5.41) is 0. The second-order valence-corrected chi connectivity index (χ2v) is 5.03. The summed E-state index contributed by atoms with van der Waals surface area (Å²) in [6.07, 6.45) is 4.29. The minimum absolute atomic E-state index is 0.177. The smallest absolute Gasteiger partial charge is 0.232 e. The summed E-state index contributed by atoms with van der Waals surface area (Å²) in [7, 11) is 0. The summed E-state index contributed by atoms with van der Waals surface area (Å²) < 4.78 is 5.83. The Hall–Kier alpha value is -2.14. The van der Waals surface area contributed by atoms with E-state index in [0.29, 0.717) is 11.7 Å². The normalized spacial score (nSPS) is 19.1. The highest BCUT2D eigenvalue weighted by atomic mass is 16.5. The van der Waals surface area contributed by atoms with Crippen LogP contribution in [0, 0.1) is 0 Å². The number of ether oxygens (including phenoxy) is 1. The topological polar surface area (TPSA) is 64.3 Å². The van der Waals surface area contributed by atoms with E-state index in [1.807, 2.05) is 6.07 Å². The molecule has 1 unspecified atom stereocenters. The van der Waals surface area contributed by atoms with Crippen LogP contribution in [0.3, 0.4) is 0 Å².